The Morgan fingerprint density at radius 1 is 1.18 bits per heavy atom. The lowest BCUT2D eigenvalue weighted by molar-refractivity contribution is 0.360. The van der Waals surface area contributed by atoms with E-state index in [1.165, 1.54) is 0 Å². The molecule has 0 atom stereocenters. The van der Waals surface area contributed by atoms with Crippen LogP contribution in [0.15, 0.2) is 36.7 Å². The normalized spacial score (nSPS) is 10.2. The summed E-state index contributed by atoms with van der Waals surface area (Å²) in [6.45, 7) is 0. The second-order valence-electron chi connectivity index (χ2n) is 2.35. The molecule has 0 aliphatic heterocycles. The van der Waals surface area contributed by atoms with Crippen molar-refractivity contribution in [2.24, 2.45) is 0 Å². The molecule has 0 spiro atoms. The lowest BCUT2D eigenvalue weighted by Crippen LogP contribution is -1.73. The summed E-state index contributed by atoms with van der Waals surface area (Å²) in [6, 6.07) is 6.91. The molecular formula is C9H6NO. The Hall–Kier alpha value is -1.57. The monoisotopic (exact) mass is 144 g/mol. The van der Waals surface area contributed by atoms with Gasteiger partial charge in [-0.15, -0.1) is 0 Å². The fraction of sp³-hybridized carbons (Fsp3) is 0. The Labute approximate surface area is 64.1 Å². The molecule has 53 valence electrons. The first-order valence-electron chi connectivity index (χ1n) is 3.38. The van der Waals surface area contributed by atoms with Gasteiger partial charge in [0, 0.05) is 23.2 Å². The molecule has 0 unspecified atom stereocenters. The van der Waals surface area contributed by atoms with E-state index in [-0.39, 0.29) is 5.75 Å². The van der Waals surface area contributed by atoms with Crippen LogP contribution in [0.1, 0.15) is 0 Å². The average Bonchev–Trinajstić information content (AvgIpc) is 2.06. The van der Waals surface area contributed by atoms with Crippen molar-refractivity contribution in [3.05, 3.63) is 36.7 Å². The van der Waals surface area contributed by atoms with E-state index in [0.29, 0.717) is 0 Å². The summed E-state index contributed by atoms with van der Waals surface area (Å²) < 4.78 is 0. The van der Waals surface area contributed by atoms with Crippen molar-refractivity contribution in [3.8, 4) is 5.75 Å². The third-order valence-electron chi connectivity index (χ3n) is 1.64. The summed E-state index contributed by atoms with van der Waals surface area (Å²) in [7, 11) is 0. The summed E-state index contributed by atoms with van der Waals surface area (Å²) in [6.07, 6.45) is 3.32. The summed E-state index contributed by atoms with van der Waals surface area (Å²) >= 11 is 0. The Bertz CT molecular complexity index is 379. The van der Waals surface area contributed by atoms with Crippen LogP contribution in [-0.2, 0) is 5.11 Å². The number of hydrogen-bond acceptors (Lipinski definition) is 1. The summed E-state index contributed by atoms with van der Waals surface area (Å²) in [5.74, 6) is 0.0601. The van der Waals surface area contributed by atoms with Gasteiger partial charge >= 0.3 is 0 Å². The highest BCUT2D eigenvalue weighted by Gasteiger charge is 1.97. The van der Waals surface area contributed by atoms with Crippen molar-refractivity contribution in [3.63, 3.8) is 0 Å². The van der Waals surface area contributed by atoms with Crippen LogP contribution in [0.4, 0.5) is 0 Å². The number of aromatic nitrogens is 1. The molecule has 2 heteroatoms. The van der Waals surface area contributed by atoms with Crippen molar-refractivity contribution >= 4 is 10.8 Å². The van der Waals surface area contributed by atoms with Crippen LogP contribution >= 0.6 is 0 Å². The van der Waals surface area contributed by atoms with E-state index in [9.17, 15) is 5.11 Å². The van der Waals surface area contributed by atoms with Crippen molar-refractivity contribution in [1.82, 2.24) is 4.98 Å². The molecule has 0 saturated heterocycles. The standard InChI is InChI=1S/C9H6NO/c11-9-3-1-2-7-6-10-5-4-8(7)9/h1-6H. The molecule has 1 aromatic heterocycles. The number of pyridine rings is 1. The Morgan fingerprint density at radius 2 is 2.09 bits per heavy atom. The summed E-state index contributed by atoms with van der Waals surface area (Å²) in [5.41, 5.74) is 0. The molecule has 2 nitrogen and oxygen atoms in total. The fourth-order valence-corrected chi connectivity index (χ4v) is 1.09. The van der Waals surface area contributed by atoms with E-state index in [2.05, 4.69) is 4.98 Å². The molecule has 11 heavy (non-hydrogen) atoms. The highest BCUT2D eigenvalue weighted by atomic mass is 16.3. The highest BCUT2D eigenvalue weighted by Crippen LogP contribution is 2.22. The number of benzene rings is 1. The lowest BCUT2D eigenvalue weighted by Gasteiger charge is -1.94. The molecule has 0 N–H and O–H groups in total. The van der Waals surface area contributed by atoms with Crippen molar-refractivity contribution in [1.29, 1.82) is 0 Å². The SMILES string of the molecule is [O]c1cccc2cnccc12. The van der Waals surface area contributed by atoms with Gasteiger partial charge in [0.25, 0.3) is 0 Å². The van der Waals surface area contributed by atoms with Gasteiger partial charge < -0.3 is 0 Å². The van der Waals surface area contributed by atoms with Crippen LogP contribution in [0.3, 0.4) is 0 Å². The number of fused-ring (bicyclic) bond motifs is 1. The van der Waals surface area contributed by atoms with Gasteiger partial charge in [0.1, 0.15) is 0 Å². The molecule has 1 aromatic carbocycles. The van der Waals surface area contributed by atoms with E-state index in [1.54, 1.807) is 30.6 Å². The van der Waals surface area contributed by atoms with Crippen LogP contribution < -0.4 is 0 Å². The molecule has 0 fully saturated rings. The summed E-state index contributed by atoms with van der Waals surface area (Å²) in [4.78, 5) is 3.92. The zero-order valence-corrected chi connectivity index (χ0v) is 5.82. The third-order valence-corrected chi connectivity index (χ3v) is 1.64. The molecular weight excluding hydrogens is 138 g/mol. The van der Waals surface area contributed by atoms with Gasteiger partial charge in [0.2, 0.25) is 0 Å². The van der Waals surface area contributed by atoms with Crippen LogP contribution in [0, 0.1) is 0 Å². The average molecular weight is 144 g/mol. The molecule has 2 rings (SSSR count). The van der Waals surface area contributed by atoms with Crippen molar-refractivity contribution in [2.75, 3.05) is 0 Å². The number of hydrogen-bond donors (Lipinski definition) is 0. The first-order valence-corrected chi connectivity index (χ1v) is 3.38. The topological polar surface area (TPSA) is 32.8 Å². The van der Waals surface area contributed by atoms with E-state index < -0.39 is 0 Å². The number of rotatable bonds is 0. The van der Waals surface area contributed by atoms with Gasteiger partial charge in [0.15, 0.2) is 5.75 Å². The van der Waals surface area contributed by atoms with Gasteiger partial charge in [-0.3, -0.25) is 10.1 Å². The van der Waals surface area contributed by atoms with E-state index in [4.69, 9.17) is 0 Å². The molecule has 1 radical (unpaired) electrons. The largest absolute Gasteiger partial charge is 0.289 e. The Morgan fingerprint density at radius 3 is 2.91 bits per heavy atom. The van der Waals surface area contributed by atoms with Crippen molar-refractivity contribution in [2.45, 2.75) is 0 Å². The van der Waals surface area contributed by atoms with E-state index in [1.807, 2.05) is 6.07 Å². The predicted octanol–water partition coefficient (Wildman–Crippen LogP) is 2.38. The zero-order chi connectivity index (χ0) is 7.68. The minimum Gasteiger partial charge on any atom is -0.289 e. The first kappa shape index (κ1) is 6.16. The Kier molecular flexibility index (Phi) is 1.25. The maximum atomic E-state index is 11.2. The molecule has 2 aromatic rings. The van der Waals surface area contributed by atoms with Gasteiger partial charge in [-0.2, -0.15) is 0 Å². The maximum Gasteiger partial charge on any atom is 0.186 e. The molecule has 0 aliphatic carbocycles. The second kappa shape index (κ2) is 2.23. The van der Waals surface area contributed by atoms with Gasteiger partial charge in [-0.05, 0) is 12.1 Å². The van der Waals surface area contributed by atoms with E-state index in [0.717, 1.165) is 10.8 Å². The molecule has 1 heterocycles. The minimum absolute atomic E-state index is 0.0601. The molecule has 0 amide bonds. The second-order valence-corrected chi connectivity index (χ2v) is 2.35. The van der Waals surface area contributed by atoms with E-state index >= 15 is 0 Å². The van der Waals surface area contributed by atoms with Gasteiger partial charge in [-0.1, -0.05) is 12.1 Å². The predicted molar refractivity (Wildman–Crippen MR) is 41.9 cm³/mol. The quantitative estimate of drug-likeness (QED) is 0.558. The zero-order valence-electron chi connectivity index (χ0n) is 5.82. The van der Waals surface area contributed by atoms with Gasteiger partial charge in [-0.25, -0.2) is 0 Å². The molecule has 0 bridgehead atoms. The van der Waals surface area contributed by atoms with Crippen LogP contribution in [0.2, 0.25) is 0 Å². The lowest BCUT2D eigenvalue weighted by atomic mass is 10.2. The molecule has 0 aliphatic rings. The third kappa shape index (κ3) is 0.923. The Balaban J connectivity index is 2.91. The highest BCUT2D eigenvalue weighted by molar-refractivity contribution is 5.86. The van der Waals surface area contributed by atoms with Crippen molar-refractivity contribution < 1.29 is 5.11 Å². The van der Waals surface area contributed by atoms with Crippen LogP contribution in [0.5, 0.6) is 5.75 Å². The molecule has 0 saturated carbocycles. The fourth-order valence-electron chi connectivity index (χ4n) is 1.09. The van der Waals surface area contributed by atoms with Crippen LogP contribution in [-0.4, -0.2) is 4.98 Å². The van der Waals surface area contributed by atoms with Crippen LogP contribution in [0.25, 0.3) is 10.8 Å². The summed E-state index contributed by atoms with van der Waals surface area (Å²) in [5, 5.41) is 12.8. The minimum atomic E-state index is 0.0601. The smallest absolute Gasteiger partial charge is 0.186 e. The van der Waals surface area contributed by atoms with Gasteiger partial charge in [0.05, 0.1) is 0 Å². The maximum absolute atomic E-state index is 11.2. The number of nitrogens with zero attached hydrogens (tertiary/aromatic N) is 1. The first-order chi connectivity index (χ1) is 5.38.